The van der Waals surface area contributed by atoms with E-state index in [0.29, 0.717) is 5.41 Å². The summed E-state index contributed by atoms with van der Waals surface area (Å²) in [6.45, 7) is 7.01. The summed E-state index contributed by atoms with van der Waals surface area (Å²) in [5.41, 5.74) is 0.698. The highest BCUT2D eigenvalue weighted by molar-refractivity contribution is 4.90. The second kappa shape index (κ2) is 6.17. The Hall–Kier alpha value is -0.120. The summed E-state index contributed by atoms with van der Waals surface area (Å²) in [5.74, 6) is 0. The van der Waals surface area contributed by atoms with Gasteiger partial charge in [0.1, 0.15) is 0 Å². The molecule has 17 heavy (non-hydrogen) atoms. The molecule has 2 aliphatic rings. The van der Waals surface area contributed by atoms with Crippen LogP contribution in [0.4, 0.5) is 0 Å². The lowest BCUT2D eigenvalue weighted by Crippen LogP contribution is -2.44. The van der Waals surface area contributed by atoms with Gasteiger partial charge in [-0.2, -0.15) is 0 Å². The zero-order chi connectivity index (χ0) is 12.1. The fourth-order valence-corrected chi connectivity index (χ4v) is 3.51. The minimum Gasteiger partial charge on any atom is -0.390 e. The number of piperidine rings is 1. The van der Waals surface area contributed by atoms with Crippen LogP contribution in [-0.4, -0.2) is 48.8 Å². The quantitative estimate of drug-likeness (QED) is 0.766. The summed E-state index contributed by atoms with van der Waals surface area (Å²) >= 11 is 0. The number of hydrogen-bond acceptors (Lipinski definition) is 3. The van der Waals surface area contributed by atoms with Gasteiger partial charge in [0, 0.05) is 13.1 Å². The third-order valence-electron chi connectivity index (χ3n) is 4.68. The highest BCUT2D eigenvalue weighted by Gasteiger charge is 2.36. The maximum Gasteiger partial charge on any atom is 0.0791 e. The van der Waals surface area contributed by atoms with E-state index in [1.165, 1.54) is 51.6 Å². The molecule has 0 amide bonds. The Morgan fingerprint density at radius 3 is 2.41 bits per heavy atom. The molecule has 0 aromatic heterocycles. The van der Waals surface area contributed by atoms with Gasteiger partial charge in [-0.05, 0) is 50.7 Å². The molecule has 3 heteroatoms. The van der Waals surface area contributed by atoms with Gasteiger partial charge in [-0.25, -0.2) is 0 Å². The number of aliphatic hydroxyl groups is 1. The third kappa shape index (κ3) is 3.67. The molecule has 1 unspecified atom stereocenters. The van der Waals surface area contributed by atoms with E-state index in [4.69, 9.17) is 0 Å². The van der Waals surface area contributed by atoms with Crippen LogP contribution in [0.15, 0.2) is 0 Å². The molecule has 3 nitrogen and oxygen atoms in total. The Labute approximate surface area is 106 Å². The summed E-state index contributed by atoms with van der Waals surface area (Å²) in [6, 6.07) is 0. The molecular weight excluding hydrogens is 212 g/mol. The monoisotopic (exact) mass is 240 g/mol. The molecule has 0 radical (unpaired) electrons. The number of likely N-dealkylation sites (tertiary alicyclic amines) is 1. The first kappa shape index (κ1) is 13.3. The lowest BCUT2D eigenvalue weighted by Gasteiger charge is -2.40. The van der Waals surface area contributed by atoms with Gasteiger partial charge in [0.15, 0.2) is 0 Å². The van der Waals surface area contributed by atoms with Crippen molar-refractivity contribution in [2.24, 2.45) is 5.41 Å². The molecule has 100 valence electrons. The van der Waals surface area contributed by atoms with Crippen molar-refractivity contribution in [3.05, 3.63) is 0 Å². The number of aliphatic hydroxyl groups excluding tert-OH is 1. The van der Waals surface area contributed by atoms with E-state index in [0.717, 1.165) is 19.6 Å². The van der Waals surface area contributed by atoms with Crippen molar-refractivity contribution in [3.63, 3.8) is 0 Å². The maximum atomic E-state index is 9.89. The summed E-state index contributed by atoms with van der Waals surface area (Å²) in [4.78, 5) is 2.45. The molecule has 1 spiro atoms. The summed E-state index contributed by atoms with van der Waals surface area (Å²) in [7, 11) is 0. The number of β-amino-alcohol motifs (C(OH)–C–C–N with tert-alkyl or cyclic N) is 1. The molecule has 2 rings (SSSR count). The SMILES string of the molecule is CCNCC(O)CN1CCC2(CCCC2)CC1. The molecule has 1 heterocycles. The van der Waals surface area contributed by atoms with E-state index < -0.39 is 0 Å². The van der Waals surface area contributed by atoms with Crippen LogP contribution in [-0.2, 0) is 0 Å². The van der Waals surface area contributed by atoms with Gasteiger partial charge in [-0.1, -0.05) is 19.8 Å². The van der Waals surface area contributed by atoms with E-state index >= 15 is 0 Å². The van der Waals surface area contributed by atoms with Crippen molar-refractivity contribution in [2.75, 3.05) is 32.7 Å². The zero-order valence-electron chi connectivity index (χ0n) is 11.2. The van der Waals surface area contributed by atoms with Crippen molar-refractivity contribution in [1.29, 1.82) is 0 Å². The molecule has 0 aromatic carbocycles. The van der Waals surface area contributed by atoms with E-state index in [2.05, 4.69) is 17.1 Å². The molecule has 2 fully saturated rings. The number of hydrogen-bond donors (Lipinski definition) is 2. The number of rotatable bonds is 5. The van der Waals surface area contributed by atoms with Gasteiger partial charge in [0.2, 0.25) is 0 Å². The molecule has 1 aliphatic carbocycles. The average molecular weight is 240 g/mol. The van der Waals surface area contributed by atoms with Gasteiger partial charge in [-0.15, -0.1) is 0 Å². The van der Waals surface area contributed by atoms with Crippen molar-refractivity contribution in [2.45, 2.75) is 51.6 Å². The first-order chi connectivity index (χ1) is 8.24. The van der Waals surface area contributed by atoms with E-state index in [1.807, 2.05) is 0 Å². The molecule has 0 bridgehead atoms. The van der Waals surface area contributed by atoms with Gasteiger partial charge in [0.05, 0.1) is 6.10 Å². The Morgan fingerprint density at radius 1 is 1.18 bits per heavy atom. The Kier molecular flexibility index (Phi) is 4.83. The molecule has 1 saturated carbocycles. The van der Waals surface area contributed by atoms with Crippen LogP contribution in [0.5, 0.6) is 0 Å². The fourth-order valence-electron chi connectivity index (χ4n) is 3.51. The minimum absolute atomic E-state index is 0.201. The number of nitrogens with zero attached hydrogens (tertiary/aromatic N) is 1. The van der Waals surface area contributed by atoms with Crippen molar-refractivity contribution >= 4 is 0 Å². The molecule has 0 aromatic rings. The van der Waals surface area contributed by atoms with Crippen LogP contribution in [0.25, 0.3) is 0 Å². The fraction of sp³-hybridized carbons (Fsp3) is 1.00. The highest BCUT2D eigenvalue weighted by atomic mass is 16.3. The zero-order valence-corrected chi connectivity index (χ0v) is 11.2. The van der Waals surface area contributed by atoms with Gasteiger partial charge < -0.3 is 15.3 Å². The van der Waals surface area contributed by atoms with Crippen LogP contribution in [0.2, 0.25) is 0 Å². The highest BCUT2D eigenvalue weighted by Crippen LogP contribution is 2.45. The van der Waals surface area contributed by atoms with Gasteiger partial charge in [-0.3, -0.25) is 0 Å². The van der Waals surface area contributed by atoms with Crippen LogP contribution < -0.4 is 5.32 Å². The van der Waals surface area contributed by atoms with Gasteiger partial charge >= 0.3 is 0 Å². The minimum atomic E-state index is -0.201. The van der Waals surface area contributed by atoms with Crippen molar-refractivity contribution in [3.8, 4) is 0 Å². The van der Waals surface area contributed by atoms with E-state index in [9.17, 15) is 5.11 Å². The third-order valence-corrected chi connectivity index (χ3v) is 4.68. The molecular formula is C14H28N2O. The van der Waals surface area contributed by atoms with Crippen LogP contribution >= 0.6 is 0 Å². The molecule has 1 atom stereocenters. The van der Waals surface area contributed by atoms with Crippen molar-refractivity contribution < 1.29 is 5.11 Å². The summed E-state index contributed by atoms with van der Waals surface area (Å²) in [6.07, 6.45) is 8.34. The lowest BCUT2D eigenvalue weighted by molar-refractivity contribution is 0.0601. The van der Waals surface area contributed by atoms with Crippen LogP contribution in [0, 0.1) is 5.41 Å². The van der Waals surface area contributed by atoms with Crippen molar-refractivity contribution in [1.82, 2.24) is 10.2 Å². The second-order valence-electron chi connectivity index (χ2n) is 5.97. The Bertz CT molecular complexity index is 216. The normalized spacial score (nSPS) is 26.5. The van der Waals surface area contributed by atoms with E-state index in [-0.39, 0.29) is 6.10 Å². The van der Waals surface area contributed by atoms with Crippen LogP contribution in [0.1, 0.15) is 45.4 Å². The van der Waals surface area contributed by atoms with E-state index in [1.54, 1.807) is 0 Å². The first-order valence-corrected chi connectivity index (χ1v) is 7.35. The lowest BCUT2D eigenvalue weighted by atomic mass is 9.77. The largest absolute Gasteiger partial charge is 0.390 e. The maximum absolute atomic E-state index is 9.89. The summed E-state index contributed by atoms with van der Waals surface area (Å²) < 4.78 is 0. The molecule has 1 saturated heterocycles. The van der Waals surface area contributed by atoms with Crippen LogP contribution in [0.3, 0.4) is 0 Å². The molecule has 2 N–H and O–H groups in total. The predicted octanol–water partition coefficient (Wildman–Crippen LogP) is 1.61. The Balaban J connectivity index is 1.68. The smallest absolute Gasteiger partial charge is 0.0791 e. The van der Waals surface area contributed by atoms with Gasteiger partial charge in [0.25, 0.3) is 0 Å². The predicted molar refractivity (Wildman–Crippen MR) is 71.1 cm³/mol. The topological polar surface area (TPSA) is 35.5 Å². The number of nitrogens with one attached hydrogen (secondary N) is 1. The average Bonchev–Trinajstić information content (AvgIpc) is 2.79. The first-order valence-electron chi connectivity index (χ1n) is 7.35. The number of likely N-dealkylation sites (N-methyl/N-ethyl adjacent to an activating group) is 1. The molecule has 1 aliphatic heterocycles. The summed E-state index contributed by atoms with van der Waals surface area (Å²) in [5, 5.41) is 13.1. The second-order valence-corrected chi connectivity index (χ2v) is 5.97. The standard InChI is InChI=1S/C14H28N2O/c1-2-15-11-13(17)12-16-9-7-14(8-10-16)5-3-4-6-14/h13,15,17H,2-12H2,1H3. The Morgan fingerprint density at radius 2 is 1.82 bits per heavy atom.